The van der Waals surface area contributed by atoms with Gasteiger partial charge in [0.05, 0.1) is 0 Å². The van der Waals surface area contributed by atoms with Crippen molar-refractivity contribution in [3.05, 3.63) is 140 Å². The molecule has 0 bridgehead atoms. The molecule has 0 aliphatic heterocycles. The van der Waals surface area contributed by atoms with Gasteiger partial charge in [-0.05, 0) is 0 Å². The molecule has 0 fully saturated rings. The van der Waals surface area contributed by atoms with Crippen LogP contribution in [-0.4, -0.2) is 6.66 Å². The summed E-state index contributed by atoms with van der Waals surface area (Å²) in [6.07, 6.45) is 0. The Labute approximate surface area is 191 Å². The minimum atomic E-state index is -2.12. The molecule has 0 nitrogen and oxygen atoms in total. The van der Waals surface area contributed by atoms with Crippen LogP contribution in [0.25, 0.3) is 22.3 Å². The van der Waals surface area contributed by atoms with Gasteiger partial charge in [-0.25, -0.2) is 0 Å². The van der Waals surface area contributed by atoms with Gasteiger partial charge in [-0.2, -0.15) is 0 Å². The zero-order chi connectivity index (χ0) is 21.8. The van der Waals surface area contributed by atoms with Gasteiger partial charge in [0.15, 0.2) is 0 Å². The van der Waals surface area contributed by atoms with E-state index in [0.717, 1.165) is 0 Å². The first-order chi connectivity index (χ1) is 15.7. The third-order valence-electron chi connectivity index (χ3n) is 6.45. The molecule has 0 radical (unpaired) electrons. The Balaban J connectivity index is 1.63. The van der Waals surface area contributed by atoms with Crippen molar-refractivity contribution in [1.29, 1.82) is 0 Å². The third kappa shape index (κ3) is 3.91. The molecule has 5 aromatic carbocycles. The average Bonchev–Trinajstić information content (AvgIpc) is 2.90. The normalized spacial score (nSPS) is 11.8. The van der Waals surface area contributed by atoms with E-state index in [1.807, 2.05) is 0 Å². The molecular weight excluding hydrogens is 403 g/mol. The summed E-state index contributed by atoms with van der Waals surface area (Å²) >= 11 is 0. The molecule has 0 aliphatic carbocycles. The topological polar surface area (TPSA) is 0 Å². The molecule has 32 heavy (non-hydrogen) atoms. The van der Waals surface area contributed by atoms with Crippen molar-refractivity contribution in [1.82, 2.24) is 0 Å². The molecular formula is C31H27P. The molecule has 0 spiro atoms. The van der Waals surface area contributed by atoms with Gasteiger partial charge in [-0.1, -0.05) is 0 Å². The predicted octanol–water partition coefficient (Wildman–Crippen LogP) is 6.68. The molecule has 0 heterocycles. The van der Waals surface area contributed by atoms with Crippen LogP contribution in [0.5, 0.6) is 0 Å². The Hall–Kier alpha value is -3.47. The van der Waals surface area contributed by atoms with Crippen molar-refractivity contribution in [2.24, 2.45) is 0 Å². The first kappa shape index (κ1) is 20.4. The van der Waals surface area contributed by atoms with Crippen LogP contribution in [0.1, 0.15) is 0 Å². The molecule has 156 valence electrons. The van der Waals surface area contributed by atoms with E-state index in [-0.39, 0.29) is 0 Å². The molecule has 0 atom stereocenters. The summed E-state index contributed by atoms with van der Waals surface area (Å²) in [5, 5.41) is 4.29. The third-order valence-corrected chi connectivity index (χ3v) is 10.9. The van der Waals surface area contributed by atoms with Crippen molar-refractivity contribution in [3.63, 3.8) is 0 Å². The van der Waals surface area contributed by atoms with Crippen LogP contribution in [0.4, 0.5) is 0 Å². The quantitative estimate of drug-likeness (QED) is 0.273. The Morgan fingerprint density at radius 2 is 0.719 bits per heavy atom. The van der Waals surface area contributed by atoms with Gasteiger partial charge in [-0.3, -0.25) is 0 Å². The predicted molar refractivity (Wildman–Crippen MR) is 143 cm³/mol. The summed E-state index contributed by atoms with van der Waals surface area (Å²) in [7, 11) is -2.12. The summed E-state index contributed by atoms with van der Waals surface area (Å²) in [5.41, 5.74) is 5.02. The first-order valence-corrected chi connectivity index (χ1v) is 13.6. The molecule has 1 heteroatoms. The maximum absolute atomic E-state index is 2.47. The summed E-state index contributed by atoms with van der Waals surface area (Å²) in [5.74, 6) is 0. The van der Waals surface area contributed by atoms with Gasteiger partial charge in [0.1, 0.15) is 0 Å². The maximum atomic E-state index is 2.47. The van der Waals surface area contributed by atoms with Gasteiger partial charge >= 0.3 is 192 Å². The van der Waals surface area contributed by atoms with Crippen LogP contribution >= 0.6 is 7.26 Å². The SMILES string of the molecule is C[PH](c1ccccc1)(c1ccccc1)c1cccc(-c2cccc(-c3ccccc3)c2)c1. The molecule has 5 rings (SSSR count). The van der Waals surface area contributed by atoms with E-state index in [9.17, 15) is 0 Å². The van der Waals surface area contributed by atoms with E-state index < -0.39 is 7.26 Å². The molecule has 0 aromatic heterocycles. The minimum absolute atomic E-state index is 1.25. The van der Waals surface area contributed by atoms with Crippen molar-refractivity contribution in [2.75, 3.05) is 6.66 Å². The summed E-state index contributed by atoms with van der Waals surface area (Å²) in [4.78, 5) is 0. The average molecular weight is 431 g/mol. The fourth-order valence-electron chi connectivity index (χ4n) is 4.56. The second kappa shape index (κ2) is 8.95. The molecule has 0 saturated heterocycles. The van der Waals surface area contributed by atoms with Gasteiger partial charge in [-0.15, -0.1) is 0 Å². The second-order valence-corrected chi connectivity index (χ2v) is 12.4. The van der Waals surface area contributed by atoms with Crippen molar-refractivity contribution in [2.45, 2.75) is 0 Å². The number of hydrogen-bond acceptors (Lipinski definition) is 0. The second-order valence-electron chi connectivity index (χ2n) is 8.38. The fraction of sp³-hybridized carbons (Fsp3) is 0.0323. The Morgan fingerprint density at radius 3 is 1.28 bits per heavy atom. The molecule has 0 amide bonds. The Morgan fingerprint density at radius 1 is 0.344 bits per heavy atom. The van der Waals surface area contributed by atoms with Crippen LogP contribution in [0.3, 0.4) is 0 Å². The molecule has 0 unspecified atom stereocenters. The van der Waals surface area contributed by atoms with E-state index in [2.05, 4.69) is 146 Å². The number of hydrogen-bond donors (Lipinski definition) is 0. The van der Waals surface area contributed by atoms with Crippen LogP contribution in [0.15, 0.2) is 140 Å². The summed E-state index contributed by atoms with van der Waals surface area (Å²) < 4.78 is 0. The van der Waals surface area contributed by atoms with Gasteiger partial charge in [0, 0.05) is 0 Å². The molecule has 0 aliphatic rings. The van der Waals surface area contributed by atoms with Crippen LogP contribution < -0.4 is 15.9 Å². The molecule has 0 saturated carbocycles. The molecule has 5 aromatic rings. The monoisotopic (exact) mass is 430 g/mol. The zero-order valence-corrected chi connectivity index (χ0v) is 19.3. The zero-order valence-electron chi connectivity index (χ0n) is 18.3. The van der Waals surface area contributed by atoms with Crippen molar-refractivity contribution in [3.8, 4) is 22.3 Å². The fourth-order valence-corrected chi connectivity index (χ4v) is 8.15. The van der Waals surface area contributed by atoms with E-state index in [0.29, 0.717) is 0 Å². The van der Waals surface area contributed by atoms with Crippen molar-refractivity contribution < 1.29 is 0 Å². The standard InChI is InChI=1S/C31H27P/c1-32(29-18-7-3-8-19-29,30-20-9-4-10-21-30)31-22-12-17-28(24-31)27-16-11-15-26(23-27)25-13-5-2-6-14-25/h2-24,32H,1H3. The van der Waals surface area contributed by atoms with Crippen LogP contribution in [0.2, 0.25) is 0 Å². The van der Waals surface area contributed by atoms with E-state index in [4.69, 9.17) is 0 Å². The Kier molecular flexibility index (Phi) is 5.71. The summed E-state index contributed by atoms with van der Waals surface area (Å²) in [6.45, 7) is 2.47. The van der Waals surface area contributed by atoms with Gasteiger partial charge in [0.25, 0.3) is 0 Å². The summed E-state index contributed by atoms with van der Waals surface area (Å²) in [6, 6.07) is 50.7. The van der Waals surface area contributed by atoms with Crippen molar-refractivity contribution >= 4 is 23.2 Å². The van der Waals surface area contributed by atoms with E-state index in [1.165, 1.54) is 38.2 Å². The molecule has 0 N–H and O–H groups in total. The van der Waals surface area contributed by atoms with E-state index >= 15 is 0 Å². The number of rotatable bonds is 5. The Bertz CT molecular complexity index is 1270. The number of benzene rings is 5. The first-order valence-electron chi connectivity index (χ1n) is 11.1. The van der Waals surface area contributed by atoms with Gasteiger partial charge in [0.2, 0.25) is 0 Å². The van der Waals surface area contributed by atoms with E-state index in [1.54, 1.807) is 0 Å². The van der Waals surface area contributed by atoms with Crippen LogP contribution in [0, 0.1) is 0 Å². The van der Waals surface area contributed by atoms with Gasteiger partial charge < -0.3 is 0 Å². The van der Waals surface area contributed by atoms with Crippen LogP contribution in [-0.2, 0) is 0 Å².